The molecular weight excluding hydrogens is 234 g/mol. The van der Waals surface area contributed by atoms with E-state index in [1.807, 2.05) is 25.7 Å². The van der Waals surface area contributed by atoms with Crippen molar-refractivity contribution in [3.05, 3.63) is 0 Å². The van der Waals surface area contributed by atoms with E-state index in [0.717, 1.165) is 11.7 Å². The van der Waals surface area contributed by atoms with Gasteiger partial charge in [-0.05, 0) is 33.2 Å². The summed E-state index contributed by atoms with van der Waals surface area (Å²) in [5.74, 6) is -0.168. The summed E-state index contributed by atoms with van der Waals surface area (Å²) in [6, 6.07) is 0. The molecule has 3 nitrogen and oxygen atoms in total. The summed E-state index contributed by atoms with van der Waals surface area (Å²) in [4.78, 5) is 11.7. The monoisotopic (exact) mass is 259 g/mol. The summed E-state index contributed by atoms with van der Waals surface area (Å²) < 4.78 is 4.87. The van der Waals surface area contributed by atoms with E-state index in [1.165, 1.54) is 32.8 Å². The number of nitrogens with one attached hydrogen (secondary N) is 1. The molecule has 0 heterocycles. The molecule has 0 aromatic heterocycles. The van der Waals surface area contributed by atoms with Crippen molar-refractivity contribution in [2.45, 2.75) is 62.0 Å². The van der Waals surface area contributed by atoms with E-state index in [4.69, 9.17) is 4.74 Å². The number of carbonyl (C=O) groups is 1. The summed E-state index contributed by atoms with van der Waals surface area (Å²) in [6.45, 7) is 4.13. The van der Waals surface area contributed by atoms with E-state index in [0.29, 0.717) is 5.25 Å². The van der Waals surface area contributed by atoms with Gasteiger partial charge in [0.15, 0.2) is 0 Å². The van der Waals surface area contributed by atoms with E-state index in [2.05, 4.69) is 12.2 Å². The molecule has 0 amide bonds. The van der Waals surface area contributed by atoms with Crippen molar-refractivity contribution in [1.82, 2.24) is 5.32 Å². The van der Waals surface area contributed by atoms with Crippen LogP contribution in [0.4, 0.5) is 0 Å². The van der Waals surface area contributed by atoms with Crippen LogP contribution in [-0.2, 0) is 9.53 Å². The number of hydrogen-bond donors (Lipinski definition) is 1. The first kappa shape index (κ1) is 14.8. The van der Waals surface area contributed by atoms with Gasteiger partial charge in [-0.1, -0.05) is 19.8 Å². The lowest BCUT2D eigenvalue weighted by molar-refractivity contribution is -0.147. The van der Waals surface area contributed by atoms with Crippen molar-refractivity contribution in [2.75, 3.05) is 14.2 Å². The number of likely N-dealkylation sites (N-methyl/N-ethyl adjacent to an activating group) is 1. The van der Waals surface area contributed by atoms with Crippen LogP contribution in [0.1, 0.15) is 46.0 Å². The molecule has 1 aliphatic carbocycles. The third-order valence-corrected chi connectivity index (χ3v) is 5.10. The first-order chi connectivity index (χ1) is 8.01. The van der Waals surface area contributed by atoms with Gasteiger partial charge in [-0.25, -0.2) is 0 Å². The van der Waals surface area contributed by atoms with Gasteiger partial charge in [-0.2, -0.15) is 11.8 Å². The van der Waals surface area contributed by atoms with Crippen molar-refractivity contribution in [3.8, 4) is 0 Å². The van der Waals surface area contributed by atoms with Gasteiger partial charge in [0.1, 0.15) is 5.54 Å². The Morgan fingerprint density at radius 1 is 1.53 bits per heavy atom. The van der Waals surface area contributed by atoms with Crippen molar-refractivity contribution >= 4 is 17.7 Å². The lowest BCUT2D eigenvalue weighted by Gasteiger charge is -2.29. The molecule has 0 spiro atoms. The average molecular weight is 259 g/mol. The summed E-state index contributed by atoms with van der Waals surface area (Å²) >= 11 is 2.03. The van der Waals surface area contributed by atoms with Crippen molar-refractivity contribution in [1.29, 1.82) is 0 Å². The Bertz CT molecular complexity index is 254. The van der Waals surface area contributed by atoms with Crippen molar-refractivity contribution in [3.63, 3.8) is 0 Å². The molecule has 0 aromatic rings. The average Bonchev–Trinajstić information content (AvgIpc) is 2.80. The van der Waals surface area contributed by atoms with Gasteiger partial charge in [0.2, 0.25) is 0 Å². The van der Waals surface area contributed by atoms with Crippen LogP contribution >= 0.6 is 11.8 Å². The molecule has 0 saturated heterocycles. The quantitative estimate of drug-likeness (QED) is 0.744. The standard InChI is InChI=1S/C13H25NO2S/c1-10(17-11-7-5-6-8-11)9-13(2,14-3)12(15)16-4/h10-11,14H,5-9H2,1-4H3. The zero-order chi connectivity index (χ0) is 12.9. The van der Waals surface area contributed by atoms with Crippen LogP contribution in [0.15, 0.2) is 0 Å². The Morgan fingerprint density at radius 2 is 2.12 bits per heavy atom. The van der Waals surface area contributed by atoms with Crippen LogP contribution in [0.25, 0.3) is 0 Å². The molecule has 0 aromatic carbocycles. The molecule has 17 heavy (non-hydrogen) atoms. The van der Waals surface area contributed by atoms with Crippen LogP contribution in [0, 0.1) is 0 Å². The molecule has 1 rings (SSSR count). The second kappa shape index (κ2) is 6.64. The highest BCUT2D eigenvalue weighted by molar-refractivity contribution is 8.00. The van der Waals surface area contributed by atoms with Crippen molar-refractivity contribution in [2.24, 2.45) is 0 Å². The second-order valence-electron chi connectivity index (χ2n) is 5.13. The first-order valence-electron chi connectivity index (χ1n) is 6.44. The minimum absolute atomic E-state index is 0.168. The SMILES string of the molecule is CNC(C)(CC(C)SC1CCCC1)C(=O)OC. The predicted octanol–water partition coefficient (Wildman–Crippen LogP) is 2.59. The minimum atomic E-state index is -0.556. The number of ether oxygens (including phenoxy) is 1. The molecule has 100 valence electrons. The molecule has 1 aliphatic rings. The molecule has 0 radical (unpaired) electrons. The Labute approximate surface area is 109 Å². The number of methoxy groups -OCH3 is 1. The lowest BCUT2D eigenvalue weighted by Crippen LogP contribution is -2.49. The zero-order valence-electron chi connectivity index (χ0n) is 11.4. The van der Waals surface area contributed by atoms with Crippen LogP contribution < -0.4 is 5.32 Å². The topological polar surface area (TPSA) is 38.3 Å². The third-order valence-electron chi connectivity index (χ3n) is 3.61. The summed E-state index contributed by atoms with van der Waals surface area (Å²) in [5.41, 5.74) is -0.556. The molecule has 1 saturated carbocycles. The normalized spacial score (nSPS) is 22.1. The minimum Gasteiger partial charge on any atom is -0.468 e. The molecule has 0 bridgehead atoms. The molecule has 2 atom stereocenters. The third kappa shape index (κ3) is 4.18. The van der Waals surface area contributed by atoms with E-state index < -0.39 is 5.54 Å². The van der Waals surface area contributed by atoms with Gasteiger partial charge in [-0.3, -0.25) is 4.79 Å². The maximum absolute atomic E-state index is 11.7. The molecule has 0 aliphatic heterocycles. The maximum Gasteiger partial charge on any atom is 0.325 e. The highest BCUT2D eigenvalue weighted by atomic mass is 32.2. The van der Waals surface area contributed by atoms with Gasteiger partial charge >= 0.3 is 5.97 Å². The van der Waals surface area contributed by atoms with E-state index in [9.17, 15) is 4.79 Å². The smallest absolute Gasteiger partial charge is 0.325 e. The number of thioether (sulfide) groups is 1. The van der Waals surface area contributed by atoms with E-state index >= 15 is 0 Å². The molecular formula is C13H25NO2S. The van der Waals surface area contributed by atoms with Gasteiger partial charge in [0.25, 0.3) is 0 Å². The fourth-order valence-electron chi connectivity index (χ4n) is 2.49. The fraction of sp³-hybridized carbons (Fsp3) is 0.923. The summed E-state index contributed by atoms with van der Waals surface area (Å²) in [6.07, 6.45) is 6.22. The Kier molecular flexibility index (Phi) is 5.80. The maximum atomic E-state index is 11.7. The Morgan fingerprint density at radius 3 is 2.59 bits per heavy atom. The van der Waals surface area contributed by atoms with Crippen molar-refractivity contribution < 1.29 is 9.53 Å². The van der Waals surface area contributed by atoms with E-state index in [-0.39, 0.29) is 5.97 Å². The van der Waals surface area contributed by atoms with Crippen LogP contribution in [-0.4, -0.2) is 36.2 Å². The van der Waals surface area contributed by atoms with Gasteiger partial charge in [-0.15, -0.1) is 0 Å². The number of hydrogen-bond acceptors (Lipinski definition) is 4. The van der Waals surface area contributed by atoms with E-state index in [1.54, 1.807) is 0 Å². The van der Waals surface area contributed by atoms with Gasteiger partial charge in [0, 0.05) is 10.5 Å². The molecule has 2 unspecified atom stereocenters. The van der Waals surface area contributed by atoms with Gasteiger partial charge in [0.05, 0.1) is 7.11 Å². The lowest BCUT2D eigenvalue weighted by atomic mass is 9.96. The van der Waals surface area contributed by atoms with Crippen LogP contribution in [0.2, 0.25) is 0 Å². The summed E-state index contributed by atoms with van der Waals surface area (Å²) in [7, 11) is 3.27. The Balaban J connectivity index is 2.46. The number of rotatable bonds is 6. The molecule has 1 N–H and O–H groups in total. The largest absolute Gasteiger partial charge is 0.468 e. The molecule has 1 fully saturated rings. The molecule has 4 heteroatoms. The zero-order valence-corrected chi connectivity index (χ0v) is 12.2. The Hall–Kier alpha value is -0.220. The highest BCUT2D eigenvalue weighted by Crippen LogP contribution is 2.34. The predicted molar refractivity (Wildman–Crippen MR) is 73.4 cm³/mol. The first-order valence-corrected chi connectivity index (χ1v) is 7.39. The van der Waals surface area contributed by atoms with Gasteiger partial charge < -0.3 is 10.1 Å². The summed E-state index contributed by atoms with van der Waals surface area (Å²) in [5, 5.41) is 4.37. The highest BCUT2D eigenvalue weighted by Gasteiger charge is 2.35. The second-order valence-corrected chi connectivity index (χ2v) is 6.87. The van der Waals surface area contributed by atoms with Crippen LogP contribution in [0.3, 0.4) is 0 Å². The number of carbonyl (C=O) groups excluding carboxylic acids is 1. The van der Waals surface area contributed by atoms with Crippen LogP contribution in [0.5, 0.6) is 0 Å². The fourth-order valence-corrected chi connectivity index (χ4v) is 4.18. The number of esters is 1.